The first-order valence-corrected chi connectivity index (χ1v) is 11.9. The lowest BCUT2D eigenvalue weighted by Crippen LogP contribution is -2.19. The summed E-state index contributed by atoms with van der Waals surface area (Å²) in [5.74, 6) is 0.889. The molecule has 0 saturated carbocycles. The molecular formula is C26H22ClN3O3S. The number of carbonyl (C=O) groups is 1. The van der Waals surface area contributed by atoms with Gasteiger partial charge in [0, 0.05) is 22.7 Å². The molecule has 0 fully saturated rings. The summed E-state index contributed by atoms with van der Waals surface area (Å²) in [5.41, 5.74) is 2.55. The Balaban J connectivity index is 1.42. The van der Waals surface area contributed by atoms with Crippen LogP contribution in [0.1, 0.15) is 16.8 Å². The third-order valence-corrected chi connectivity index (χ3v) is 6.06. The van der Waals surface area contributed by atoms with Gasteiger partial charge in [-0.05, 0) is 42.8 Å². The number of nitrogens with zero attached hydrogens (tertiary/aromatic N) is 1. The Labute approximate surface area is 206 Å². The Kier molecular flexibility index (Phi) is 7.67. The third-order valence-electron chi connectivity index (χ3n) is 4.95. The number of nitrogens with one attached hydrogen (secondary N) is 2. The van der Waals surface area contributed by atoms with Crippen LogP contribution in [0.3, 0.4) is 0 Å². The van der Waals surface area contributed by atoms with Crippen LogP contribution in [-0.2, 0) is 11.2 Å². The average Bonchev–Trinajstić information content (AvgIpc) is 2.83. The Morgan fingerprint density at radius 1 is 1.06 bits per heavy atom. The van der Waals surface area contributed by atoms with Gasteiger partial charge in [0.1, 0.15) is 5.75 Å². The fourth-order valence-electron chi connectivity index (χ4n) is 3.29. The van der Waals surface area contributed by atoms with Gasteiger partial charge in [0.15, 0.2) is 10.9 Å². The van der Waals surface area contributed by atoms with E-state index in [0.717, 1.165) is 17.3 Å². The monoisotopic (exact) mass is 491 g/mol. The molecule has 4 rings (SSSR count). The minimum Gasteiger partial charge on any atom is -0.455 e. The van der Waals surface area contributed by atoms with Crippen LogP contribution in [0.4, 0.5) is 5.69 Å². The second-order valence-electron chi connectivity index (χ2n) is 7.49. The second-order valence-corrected chi connectivity index (χ2v) is 8.89. The number of anilines is 1. The Morgan fingerprint density at radius 2 is 1.76 bits per heavy atom. The predicted molar refractivity (Wildman–Crippen MR) is 136 cm³/mol. The van der Waals surface area contributed by atoms with Gasteiger partial charge < -0.3 is 15.0 Å². The van der Waals surface area contributed by atoms with Crippen LogP contribution in [0.25, 0.3) is 0 Å². The third kappa shape index (κ3) is 6.27. The van der Waals surface area contributed by atoms with Gasteiger partial charge >= 0.3 is 0 Å². The van der Waals surface area contributed by atoms with Crippen LogP contribution >= 0.6 is 23.4 Å². The van der Waals surface area contributed by atoms with E-state index in [2.05, 4.69) is 15.3 Å². The van der Waals surface area contributed by atoms with Crippen LogP contribution < -0.4 is 15.6 Å². The standard InChI is InChI=1S/C26H22ClN3O3S/c1-17-21(14-18-8-4-2-5-9-18)25(32)30-26(28-17)34-16-24(31)29-22-15-19(27)12-13-23(22)33-20-10-6-3-7-11-20/h2-13,15H,14,16H2,1H3,(H,29,31)(H,28,30,32). The molecule has 1 heterocycles. The smallest absolute Gasteiger partial charge is 0.255 e. The van der Waals surface area contributed by atoms with Crippen LogP contribution in [0.15, 0.2) is 88.8 Å². The molecule has 0 aliphatic rings. The molecule has 4 aromatic rings. The molecule has 0 aliphatic carbocycles. The summed E-state index contributed by atoms with van der Waals surface area (Å²) < 4.78 is 5.88. The van der Waals surface area contributed by atoms with Crippen molar-refractivity contribution in [1.29, 1.82) is 0 Å². The number of H-pyrrole nitrogens is 1. The lowest BCUT2D eigenvalue weighted by Gasteiger charge is -2.13. The van der Waals surface area contributed by atoms with Crippen molar-refractivity contribution in [2.24, 2.45) is 0 Å². The number of amides is 1. The maximum Gasteiger partial charge on any atom is 0.255 e. The number of carbonyl (C=O) groups excluding carboxylic acids is 1. The van der Waals surface area contributed by atoms with E-state index in [1.165, 1.54) is 0 Å². The molecule has 0 radical (unpaired) electrons. The fraction of sp³-hybridized carbons (Fsp3) is 0.115. The first kappa shape index (κ1) is 23.6. The summed E-state index contributed by atoms with van der Waals surface area (Å²) in [7, 11) is 0. The van der Waals surface area contributed by atoms with Gasteiger partial charge in [0.25, 0.3) is 5.56 Å². The molecule has 34 heavy (non-hydrogen) atoms. The Bertz CT molecular complexity index is 1340. The number of halogens is 1. The molecule has 0 saturated heterocycles. The van der Waals surface area contributed by atoms with Crippen molar-refractivity contribution in [3.05, 3.63) is 111 Å². The summed E-state index contributed by atoms with van der Waals surface area (Å²) in [5, 5.41) is 3.69. The number of rotatable bonds is 8. The molecule has 0 unspecified atom stereocenters. The van der Waals surface area contributed by atoms with Crippen molar-refractivity contribution in [1.82, 2.24) is 9.97 Å². The van der Waals surface area contributed by atoms with Gasteiger partial charge in [0.05, 0.1) is 11.4 Å². The predicted octanol–water partition coefficient (Wildman–Crippen LogP) is 5.85. The lowest BCUT2D eigenvalue weighted by atomic mass is 10.1. The topological polar surface area (TPSA) is 84.1 Å². The van der Waals surface area contributed by atoms with Crippen molar-refractivity contribution in [3.63, 3.8) is 0 Å². The molecule has 172 valence electrons. The van der Waals surface area contributed by atoms with Gasteiger partial charge in [-0.25, -0.2) is 4.98 Å². The largest absolute Gasteiger partial charge is 0.455 e. The molecule has 0 aliphatic heterocycles. The fourth-order valence-corrected chi connectivity index (χ4v) is 4.16. The highest BCUT2D eigenvalue weighted by molar-refractivity contribution is 7.99. The summed E-state index contributed by atoms with van der Waals surface area (Å²) in [6.07, 6.45) is 0.499. The van der Waals surface area contributed by atoms with E-state index >= 15 is 0 Å². The molecule has 8 heteroatoms. The number of thioether (sulfide) groups is 1. The zero-order valence-electron chi connectivity index (χ0n) is 18.4. The molecule has 0 atom stereocenters. The van der Waals surface area contributed by atoms with Gasteiger partial charge in [-0.2, -0.15) is 0 Å². The van der Waals surface area contributed by atoms with Crippen molar-refractivity contribution in [2.45, 2.75) is 18.5 Å². The van der Waals surface area contributed by atoms with Crippen molar-refractivity contribution in [2.75, 3.05) is 11.1 Å². The van der Waals surface area contributed by atoms with Gasteiger partial charge in [0.2, 0.25) is 5.91 Å². The van der Waals surface area contributed by atoms with E-state index in [1.54, 1.807) is 25.1 Å². The summed E-state index contributed by atoms with van der Waals surface area (Å²) >= 11 is 7.27. The molecule has 0 spiro atoms. The number of para-hydroxylation sites is 1. The van der Waals surface area contributed by atoms with E-state index in [1.807, 2.05) is 60.7 Å². The first-order chi connectivity index (χ1) is 16.5. The highest BCUT2D eigenvalue weighted by atomic mass is 35.5. The SMILES string of the molecule is Cc1nc(SCC(=O)Nc2cc(Cl)ccc2Oc2ccccc2)[nH]c(=O)c1Cc1ccccc1. The maximum absolute atomic E-state index is 12.6. The van der Waals surface area contributed by atoms with Crippen LogP contribution in [0.2, 0.25) is 5.02 Å². The molecule has 0 bridgehead atoms. The average molecular weight is 492 g/mol. The molecule has 6 nitrogen and oxygen atoms in total. The van der Waals surface area contributed by atoms with E-state index < -0.39 is 0 Å². The zero-order chi connectivity index (χ0) is 23.9. The number of ether oxygens (including phenoxy) is 1. The number of aromatic amines is 1. The normalized spacial score (nSPS) is 10.6. The number of hydrogen-bond donors (Lipinski definition) is 2. The van der Waals surface area contributed by atoms with Crippen molar-refractivity contribution in [3.8, 4) is 11.5 Å². The first-order valence-electron chi connectivity index (χ1n) is 10.6. The summed E-state index contributed by atoms with van der Waals surface area (Å²) in [6, 6.07) is 24.0. The lowest BCUT2D eigenvalue weighted by molar-refractivity contribution is -0.113. The second kappa shape index (κ2) is 11.0. The van der Waals surface area contributed by atoms with Crippen molar-refractivity contribution < 1.29 is 9.53 Å². The molecule has 1 amide bonds. The maximum atomic E-state index is 12.6. The summed E-state index contributed by atoms with van der Waals surface area (Å²) in [4.78, 5) is 32.5. The van der Waals surface area contributed by atoms with Crippen LogP contribution in [0.5, 0.6) is 11.5 Å². The highest BCUT2D eigenvalue weighted by Gasteiger charge is 2.13. The number of aromatic nitrogens is 2. The minimum absolute atomic E-state index is 0.0533. The van der Waals surface area contributed by atoms with Gasteiger partial charge in [-0.1, -0.05) is 71.9 Å². The molecular weight excluding hydrogens is 470 g/mol. The van der Waals surface area contributed by atoms with E-state index in [0.29, 0.717) is 45.0 Å². The summed E-state index contributed by atoms with van der Waals surface area (Å²) in [6.45, 7) is 1.80. The highest BCUT2D eigenvalue weighted by Crippen LogP contribution is 2.32. The zero-order valence-corrected chi connectivity index (χ0v) is 20.0. The van der Waals surface area contributed by atoms with Crippen molar-refractivity contribution >= 4 is 35.0 Å². The van der Waals surface area contributed by atoms with Gasteiger partial charge in [-0.15, -0.1) is 0 Å². The van der Waals surface area contributed by atoms with E-state index in [-0.39, 0.29) is 17.2 Å². The molecule has 1 aromatic heterocycles. The Morgan fingerprint density at radius 3 is 2.47 bits per heavy atom. The van der Waals surface area contributed by atoms with Crippen LogP contribution in [0, 0.1) is 6.92 Å². The number of aryl methyl sites for hydroxylation is 1. The Hall–Kier alpha value is -3.55. The van der Waals surface area contributed by atoms with Gasteiger partial charge in [-0.3, -0.25) is 9.59 Å². The van der Waals surface area contributed by atoms with Crippen LogP contribution in [-0.4, -0.2) is 21.6 Å². The quantitative estimate of drug-likeness (QED) is 0.239. The molecule has 3 aromatic carbocycles. The van der Waals surface area contributed by atoms with E-state index in [4.69, 9.17) is 16.3 Å². The number of benzene rings is 3. The molecule has 2 N–H and O–H groups in total. The number of hydrogen-bond acceptors (Lipinski definition) is 5. The minimum atomic E-state index is -0.279. The van der Waals surface area contributed by atoms with E-state index in [9.17, 15) is 9.59 Å².